The van der Waals surface area contributed by atoms with E-state index in [1.807, 2.05) is 24.8 Å². The van der Waals surface area contributed by atoms with Crippen LogP contribution in [0, 0.1) is 6.61 Å². The van der Waals surface area contributed by atoms with Gasteiger partial charge < -0.3 is 4.74 Å². The molecule has 0 saturated carbocycles. The molecule has 1 aromatic rings. The molecule has 0 atom stereocenters. The maximum atomic E-state index is 5.34. The lowest BCUT2D eigenvalue weighted by Crippen LogP contribution is -1.89. The van der Waals surface area contributed by atoms with Crippen LogP contribution in [0.25, 0.3) is 0 Å². The summed E-state index contributed by atoms with van der Waals surface area (Å²) in [5.41, 5.74) is 1.23. The normalized spacial score (nSPS) is 10.1. The second-order valence-corrected chi connectivity index (χ2v) is 2.75. The van der Waals surface area contributed by atoms with E-state index in [1.54, 1.807) is 0 Å². The number of hydrogen-bond acceptors (Lipinski definition) is 1. The van der Waals surface area contributed by atoms with Crippen LogP contribution in [-0.4, -0.2) is 0 Å². The van der Waals surface area contributed by atoms with E-state index < -0.39 is 0 Å². The third-order valence-corrected chi connectivity index (χ3v) is 1.62. The highest BCUT2D eigenvalue weighted by Gasteiger charge is 1.90. The predicted octanol–water partition coefficient (Wildman–Crippen LogP) is 3.17. The minimum absolute atomic E-state index is 0.695. The Hall–Kier alpha value is -0.820. The van der Waals surface area contributed by atoms with Crippen molar-refractivity contribution in [3.05, 3.63) is 42.5 Å². The standard InChI is InChI=1S/C11H15O/c1-2-3-9-12-10-11-7-5-4-6-8-11/h4-9H,2-3,10H2,1H3. The van der Waals surface area contributed by atoms with Crippen molar-refractivity contribution in [2.45, 2.75) is 26.4 Å². The molecule has 0 aliphatic rings. The molecule has 1 radical (unpaired) electrons. The van der Waals surface area contributed by atoms with Gasteiger partial charge in [-0.3, -0.25) is 0 Å². The van der Waals surface area contributed by atoms with E-state index in [4.69, 9.17) is 4.74 Å². The van der Waals surface area contributed by atoms with Gasteiger partial charge in [0.2, 0.25) is 0 Å². The molecule has 0 bridgehead atoms. The second kappa shape index (κ2) is 5.78. The fourth-order valence-electron chi connectivity index (χ4n) is 0.931. The summed E-state index contributed by atoms with van der Waals surface area (Å²) in [5.74, 6) is 0. The maximum absolute atomic E-state index is 5.34. The summed E-state index contributed by atoms with van der Waals surface area (Å²) >= 11 is 0. The number of ether oxygens (including phenoxy) is 1. The van der Waals surface area contributed by atoms with Gasteiger partial charge in [-0.05, 0) is 12.0 Å². The van der Waals surface area contributed by atoms with Crippen molar-refractivity contribution in [3.63, 3.8) is 0 Å². The molecule has 0 heterocycles. The molecule has 1 aromatic carbocycles. The molecule has 0 aromatic heterocycles. The largest absolute Gasteiger partial charge is 0.371 e. The molecule has 0 spiro atoms. The SMILES string of the molecule is CCC[CH]OCc1ccccc1. The Labute approximate surface area is 74.4 Å². The zero-order valence-corrected chi connectivity index (χ0v) is 7.49. The Bertz CT molecular complexity index is 193. The van der Waals surface area contributed by atoms with E-state index in [2.05, 4.69) is 19.1 Å². The van der Waals surface area contributed by atoms with Crippen LogP contribution in [-0.2, 0) is 11.3 Å². The summed E-state index contributed by atoms with van der Waals surface area (Å²) in [6.07, 6.45) is 2.18. The van der Waals surface area contributed by atoms with Crippen LogP contribution >= 0.6 is 0 Å². The molecule has 0 N–H and O–H groups in total. The Balaban J connectivity index is 2.16. The Morgan fingerprint density at radius 1 is 1.25 bits per heavy atom. The van der Waals surface area contributed by atoms with Gasteiger partial charge >= 0.3 is 0 Å². The fourth-order valence-corrected chi connectivity index (χ4v) is 0.931. The molecule has 1 nitrogen and oxygen atoms in total. The highest BCUT2D eigenvalue weighted by molar-refractivity contribution is 5.13. The van der Waals surface area contributed by atoms with E-state index in [1.165, 1.54) is 5.56 Å². The molecular formula is C11H15O. The van der Waals surface area contributed by atoms with Crippen molar-refractivity contribution >= 4 is 0 Å². The summed E-state index contributed by atoms with van der Waals surface area (Å²) < 4.78 is 5.34. The van der Waals surface area contributed by atoms with Crippen molar-refractivity contribution in [1.29, 1.82) is 0 Å². The zero-order chi connectivity index (χ0) is 8.65. The molecule has 12 heavy (non-hydrogen) atoms. The summed E-state index contributed by atoms with van der Waals surface area (Å²) in [6, 6.07) is 10.2. The van der Waals surface area contributed by atoms with Gasteiger partial charge in [-0.1, -0.05) is 43.7 Å². The minimum atomic E-state index is 0.695. The first-order chi connectivity index (χ1) is 5.93. The summed E-state index contributed by atoms with van der Waals surface area (Å²) in [7, 11) is 0. The van der Waals surface area contributed by atoms with Gasteiger partial charge in [0.15, 0.2) is 0 Å². The summed E-state index contributed by atoms with van der Waals surface area (Å²) in [6.45, 7) is 4.72. The van der Waals surface area contributed by atoms with Gasteiger partial charge in [0.1, 0.15) is 0 Å². The topological polar surface area (TPSA) is 9.23 Å². The molecule has 0 unspecified atom stereocenters. The van der Waals surface area contributed by atoms with Crippen LogP contribution in [0.5, 0.6) is 0 Å². The Morgan fingerprint density at radius 2 is 2.00 bits per heavy atom. The van der Waals surface area contributed by atoms with Crippen LogP contribution in [0.4, 0.5) is 0 Å². The average Bonchev–Trinajstić information content (AvgIpc) is 2.14. The minimum Gasteiger partial charge on any atom is -0.371 e. The van der Waals surface area contributed by atoms with Gasteiger partial charge in [0.25, 0.3) is 0 Å². The highest BCUT2D eigenvalue weighted by atomic mass is 16.5. The van der Waals surface area contributed by atoms with E-state index in [0.29, 0.717) is 6.61 Å². The lowest BCUT2D eigenvalue weighted by atomic mass is 10.2. The molecule has 65 valence electrons. The van der Waals surface area contributed by atoms with Gasteiger partial charge in [0, 0.05) is 0 Å². The van der Waals surface area contributed by atoms with Crippen molar-refractivity contribution in [2.24, 2.45) is 0 Å². The third kappa shape index (κ3) is 3.54. The van der Waals surface area contributed by atoms with Crippen molar-refractivity contribution in [3.8, 4) is 0 Å². The maximum Gasteiger partial charge on any atom is 0.0841 e. The van der Waals surface area contributed by atoms with Gasteiger partial charge in [-0.2, -0.15) is 0 Å². The van der Waals surface area contributed by atoms with E-state index in [9.17, 15) is 0 Å². The van der Waals surface area contributed by atoms with Crippen LogP contribution < -0.4 is 0 Å². The predicted molar refractivity (Wildman–Crippen MR) is 50.4 cm³/mol. The molecule has 1 heteroatoms. The average molecular weight is 163 g/mol. The monoisotopic (exact) mass is 163 g/mol. The quantitative estimate of drug-likeness (QED) is 0.606. The molecule has 0 saturated heterocycles. The molecule has 0 amide bonds. The van der Waals surface area contributed by atoms with Gasteiger partial charge in [-0.25, -0.2) is 0 Å². The van der Waals surface area contributed by atoms with Crippen LogP contribution in [0.1, 0.15) is 25.3 Å². The number of unbranched alkanes of at least 4 members (excludes halogenated alkanes) is 1. The molecule has 0 fully saturated rings. The van der Waals surface area contributed by atoms with E-state index >= 15 is 0 Å². The first-order valence-electron chi connectivity index (χ1n) is 4.40. The first kappa shape index (κ1) is 9.27. The Kier molecular flexibility index (Phi) is 4.47. The fraction of sp³-hybridized carbons (Fsp3) is 0.364. The number of benzene rings is 1. The third-order valence-electron chi connectivity index (χ3n) is 1.62. The van der Waals surface area contributed by atoms with Gasteiger partial charge in [-0.15, -0.1) is 0 Å². The number of hydrogen-bond donors (Lipinski definition) is 0. The lowest BCUT2D eigenvalue weighted by molar-refractivity contribution is 0.178. The van der Waals surface area contributed by atoms with Crippen LogP contribution in [0.3, 0.4) is 0 Å². The number of rotatable bonds is 5. The van der Waals surface area contributed by atoms with E-state index in [-0.39, 0.29) is 0 Å². The molecule has 0 aliphatic heterocycles. The molecular weight excluding hydrogens is 148 g/mol. The van der Waals surface area contributed by atoms with Crippen LogP contribution in [0.2, 0.25) is 0 Å². The first-order valence-corrected chi connectivity index (χ1v) is 4.40. The molecule has 1 rings (SSSR count). The second-order valence-electron chi connectivity index (χ2n) is 2.75. The summed E-state index contributed by atoms with van der Waals surface area (Å²) in [4.78, 5) is 0. The highest BCUT2D eigenvalue weighted by Crippen LogP contribution is 2.03. The van der Waals surface area contributed by atoms with Crippen LogP contribution in [0.15, 0.2) is 30.3 Å². The van der Waals surface area contributed by atoms with Crippen molar-refractivity contribution in [1.82, 2.24) is 0 Å². The van der Waals surface area contributed by atoms with Gasteiger partial charge in [0.05, 0.1) is 13.2 Å². The van der Waals surface area contributed by atoms with Crippen molar-refractivity contribution < 1.29 is 4.74 Å². The van der Waals surface area contributed by atoms with Crippen molar-refractivity contribution in [2.75, 3.05) is 0 Å². The summed E-state index contributed by atoms with van der Waals surface area (Å²) in [5, 5.41) is 0. The Morgan fingerprint density at radius 3 is 2.67 bits per heavy atom. The van der Waals surface area contributed by atoms with E-state index in [0.717, 1.165) is 12.8 Å². The smallest absolute Gasteiger partial charge is 0.0841 e. The molecule has 0 aliphatic carbocycles. The lowest BCUT2D eigenvalue weighted by Gasteiger charge is -2.01. The zero-order valence-electron chi connectivity index (χ0n) is 7.49.